The lowest BCUT2D eigenvalue weighted by Crippen LogP contribution is -2.10. The maximum atomic E-state index is 2.35. The largest absolute Gasteiger partial charge is 0.310 e. The van der Waals surface area contributed by atoms with E-state index in [0.717, 1.165) is 17.1 Å². The average molecular weight is 580 g/mol. The minimum absolute atomic E-state index is 1.12. The maximum absolute atomic E-state index is 2.35. The van der Waals surface area contributed by atoms with Crippen molar-refractivity contribution >= 4 is 48.6 Å². The summed E-state index contributed by atoms with van der Waals surface area (Å²) in [6.45, 7) is 0. The number of benzene rings is 7. The van der Waals surface area contributed by atoms with Crippen LogP contribution in [-0.4, -0.2) is 0 Å². The summed E-state index contributed by atoms with van der Waals surface area (Å²) in [6.07, 6.45) is 0. The SMILES string of the molecule is c1ccc(-c2ccc(N(c3ccc(-c4ccccc4)cc3)c3cccc(-c4ccc5sc6ccccc6c5c4)c3)cc2)cc1. The molecule has 2 heteroatoms. The molecule has 0 bridgehead atoms. The zero-order valence-electron chi connectivity index (χ0n) is 24.1. The molecule has 0 saturated carbocycles. The van der Waals surface area contributed by atoms with E-state index in [1.807, 2.05) is 11.3 Å². The van der Waals surface area contributed by atoms with Crippen molar-refractivity contribution in [2.24, 2.45) is 0 Å². The molecule has 0 aliphatic rings. The Bertz CT molecular complexity index is 2110. The first-order chi connectivity index (χ1) is 21.8. The molecule has 0 aliphatic carbocycles. The van der Waals surface area contributed by atoms with E-state index < -0.39 is 0 Å². The Balaban J connectivity index is 1.22. The van der Waals surface area contributed by atoms with E-state index in [0.29, 0.717) is 0 Å². The number of nitrogens with zero attached hydrogens (tertiary/aromatic N) is 1. The second-order valence-electron chi connectivity index (χ2n) is 11.0. The molecule has 7 aromatic carbocycles. The third-order valence-electron chi connectivity index (χ3n) is 8.28. The van der Waals surface area contributed by atoms with Crippen LogP contribution in [0.15, 0.2) is 176 Å². The summed E-state index contributed by atoms with van der Waals surface area (Å²) in [5.41, 5.74) is 10.6. The highest BCUT2D eigenvalue weighted by atomic mass is 32.1. The second kappa shape index (κ2) is 11.3. The lowest BCUT2D eigenvalue weighted by molar-refractivity contribution is 1.28. The number of rotatable bonds is 6. The van der Waals surface area contributed by atoms with Gasteiger partial charge in [0.25, 0.3) is 0 Å². The molecule has 0 fully saturated rings. The van der Waals surface area contributed by atoms with Gasteiger partial charge in [0.1, 0.15) is 0 Å². The lowest BCUT2D eigenvalue weighted by atomic mass is 10.0. The van der Waals surface area contributed by atoms with E-state index in [1.165, 1.54) is 53.6 Å². The number of anilines is 3. The predicted molar refractivity (Wildman–Crippen MR) is 190 cm³/mol. The molecular formula is C42H29NS. The van der Waals surface area contributed by atoms with E-state index >= 15 is 0 Å². The number of fused-ring (bicyclic) bond motifs is 3. The van der Waals surface area contributed by atoms with Gasteiger partial charge in [0.2, 0.25) is 0 Å². The van der Waals surface area contributed by atoms with Gasteiger partial charge in [0.05, 0.1) is 0 Å². The minimum Gasteiger partial charge on any atom is -0.310 e. The highest BCUT2D eigenvalue weighted by Crippen LogP contribution is 2.40. The Morgan fingerprint density at radius 3 is 1.41 bits per heavy atom. The van der Waals surface area contributed by atoms with E-state index in [9.17, 15) is 0 Å². The van der Waals surface area contributed by atoms with E-state index in [1.54, 1.807) is 0 Å². The molecule has 0 amide bonds. The summed E-state index contributed by atoms with van der Waals surface area (Å²) in [5.74, 6) is 0. The first-order valence-corrected chi connectivity index (χ1v) is 15.7. The molecular weight excluding hydrogens is 551 g/mol. The fraction of sp³-hybridized carbons (Fsp3) is 0. The summed E-state index contributed by atoms with van der Waals surface area (Å²) in [5, 5.41) is 2.64. The average Bonchev–Trinajstić information content (AvgIpc) is 3.48. The highest BCUT2D eigenvalue weighted by molar-refractivity contribution is 7.25. The Kier molecular flexibility index (Phi) is 6.75. The second-order valence-corrected chi connectivity index (χ2v) is 12.1. The molecule has 44 heavy (non-hydrogen) atoms. The van der Waals surface area contributed by atoms with Crippen molar-refractivity contribution in [3.63, 3.8) is 0 Å². The number of thiophene rings is 1. The van der Waals surface area contributed by atoms with Crippen LogP contribution in [0.4, 0.5) is 17.1 Å². The molecule has 0 saturated heterocycles. The first kappa shape index (κ1) is 26.2. The quantitative estimate of drug-likeness (QED) is 0.189. The molecule has 0 radical (unpaired) electrons. The molecule has 1 aromatic heterocycles. The topological polar surface area (TPSA) is 3.24 Å². The van der Waals surface area contributed by atoms with Crippen LogP contribution in [0.1, 0.15) is 0 Å². The van der Waals surface area contributed by atoms with E-state index in [4.69, 9.17) is 0 Å². The molecule has 0 spiro atoms. The van der Waals surface area contributed by atoms with Gasteiger partial charge in [-0.3, -0.25) is 0 Å². The Labute approximate surface area is 261 Å². The molecule has 8 rings (SSSR count). The summed E-state index contributed by atoms with van der Waals surface area (Å²) >= 11 is 1.86. The van der Waals surface area contributed by atoms with Gasteiger partial charge in [0, 0.05) is 37.2 Å². The molecule has 8 aromatic rings. The third-order valence-corrected chi connectivity index (χ3v) is 9.43. The molecule has 208 valence electrons. The first-order valence-electron chi connectivity index (χ1n) is 14.9. The van der Waals surface area contributed by atoms with Crippen LogP contribution >= 0.6 is 11.3 Å². The fourth-order valence-corrected chi connectivity index (χ4v) is 7.13. The van der Waals surface area contributed by atoms with Gasteiger partial charge in [-0.25, -0.2) is 0 Å². The van der Waals surface area contributed by atoms with Crippen molar-refractivity contribution in [3.05, 3.63) is 176 Å². The van der Waals surface area contributed by atoms with Crippen LogP contribution in [0.3, 0.4) is 0 Å². The van der Waals surface area contributed by atoms with Gasteiger partial charge in [-0.2, -0.15) is 0 Å². The Morgan fingerprint density at radius 2 is 0.773 bits per heavy atom. The number of hydrogen-bond acceptors (Lipinski definition) is 2. The molecule has 1 nitrogen and oxygen atoms in total. The van der Waals surface area contributed by atoms with Gasteiger partial charge < -0.3 is 4.90 Å². The Morgan fingerprint density at radius 1 is 0.295 bits per heavy atom. The summed E-state index contributed by atoms with van der Waals surface area (Å²) in [7, 11) is 0. The van der Waals surface area contributed by atoms with Gasteiger partial charge in [-0.05, 0) is 88.0 Å². The predicted octanol–water partition coefficient (Wildman–Crippen LogP) is 12.5. The van der Waals surface area contributed by atoms with Gasteiger partial charge >= 0.3 is 0 Å². The van der Waals surface area contributed by atoms with Gasteiger partial charge in [-0.1, -0.05) is 121 Å². The van der Waals surface area contributed by atoms with Crippen LogP contribution in [-0.2, 0) is 0 Å². The molecule has 0 unspecified atom stereocenters. The van der Waals surface area contributed by atoms with Crippen LogP contribution < -0.4 is 4.90 Å². The molecule has 1 heterocycles. The number of hydrogen-bond donors (Lipinski definition) is 0. The zero-order valence-corrected chi connectivity index (χ0v) is 24.9. The van der Waals surface area contributed by atoms with Gasteiger partial charge in [-0.15, -0.1) is 11.3 Å². The summed E-state index contributed by atoms with van der Waals surface area (Å²) in [4.78, 5) is 2.35. The molecule has 0 aliphatic heterocycles. The van der Waals surface area contributed by atoms with Crippen LogP contribution in [0.25, 0.3) is 53.6 Å². The van der Waals surface area contributed by atoms with Crippen molar-refractivity contribution in [1.29, 1.82) is 0 Å². The van der Waals surface area contributed by atoms with Crippen molar-refractivity contribution in [3.8, 4) is 33.4 Å². The smallest absolute Gasteiger partial charge is 0.0467 e. The van der Waals surface area contributed by atoms with E-state index in [-0.39, 0.29) is 0 Å². The van der Waals surface area contributed by atoms with Crippen molar-refractivity contribution in [2.75, 3.05) is 4.90 Å². The third kappa shape index (κ3) is 4.96. The maximum Gasteiger partial charge on any atom is 0.0467 e. The summed E-state index contributed by atoms with van der Waals surface area (Å²) < 4.78 is 2.65. The van der Waals surface area contributed by atoms with Gasteiger partial charge in [0.15, 0.2) is 0 Å². The standard InChI is InChI=1S/C42H29NS/c1-3-10-30(11-4-1)32-18-23-36(24-19-32)43(37-25-20-33(21-26-37)31-12-5-2-6-13-31)38-15-9-14-34(28-38)35-22-27-42-40(29-35)39-16-7-8-17-41(39)44-42/h1-29H. The summed E-state index contributed by atoms with van der Waals surface area (Å²) in [6, 6.07) is 63.4. The monoisotopic (exact) mass is 579 g/mol. The van der Waals surface area contributed by atoms with Crippen LogP contribution in [0.5, 0.6) is 0 Å². The Hall–Kier alpha value is -5.44. The van der Waals surface area contributed by atoms with Crippen molar-refractivity contribution < 1.29 is 0 Å². The van der Waals surface area contributed by atoms with E-state index in [2.05, 4.69) is 181 Å². The molecule has 0 N–H and O–H groups in total. The fourth-order valence-electron chi connectivity index (χ4n) is 6.04. The zero-order chi connectivity index (χ0) is 29.3. The van der Waals surface area contributed by atoms with Crippen molar-refractivity contribution in [2.45, 2.75) is 0 Å². The molecule has 0 atom stereocenters. The minimum atomic E-state index is 1.12. The van der Waals surface area contributed by atoms with Crippen molar-refractivity contribution in [1.82, 2.24) is 0 Å². The highest BCUT2D eigenvalue weighted by Gasteiger charge is 2.15. The lowest BCUT2D eigenvalue weighted by Gasteiger charge is -2.26. The van der Waals surface area contributed by atoms with Crippen LogP contribution in [0.2, 0.25) is 0 Å². The normalized spacial score (nSPS) is 11.2. The van der Waals surface area contributed by atoms with Crippen LogP contribution in [0, 0.1) is 0 Å².